The van der Waals surface area contributed by atoms with Crippen molar-refractivity contribution >= 4 is 6.29 Å². The Kier molecular flexibility index (Phi) is 21.3. The van der Waals surface area contributed by atoms with Gasteiger partial charge in [0.15, 0.2) is 11.5 Å². The van der Waals surface area contributed by atoms with Crippen molar-refractivity contribution in [2.24, 2.45) is 5.92 Å². The van der Waals surface area contributed by atoms with Crippen molar-refractivity contribution in [2.45, 2.75) is 92.4 Å². The summed E-state index contributed by atoms with van der Waals surface area (Å²) in [5.41, 5.74) is 1.26. The summed E-state index contributed by atoms with van der Waals surface area (Å²) >= 11 is 0. The highest BCUT2D eigenvalue weighted by atomic mass is 16.5. The van der Waals surface area contributed by atoms with Crippen LogP contribution in [-0.2, 0) is 11.2 Å². The summed E-state index contributed by atoms with van der Waals surface area (Å²) in [6, 6.07) is 5.97. The number of unbranched alkanes of at least 4 members (excludes halogenated alkanes) is 1. The Bertz CT molecular complexity index is 437. The molecule has 2 rings (SSSR count). The fraction of sp³-hybridized carbons (Fsp3) is 0.708. The van der Waals surface area contributed by atoms with Crippen LogP contribution in [0.25, 0.3) is 0 Å². The van der Waals surface area contributed by atoms with Crippen molar-refractivity contribution in [3.05, 3.63) is 23.8 Å². The first-order valence-corrected chi connectivity index (χ1v) is 10.9. The molecule has 1 aromatic carbocycles. The maximum atomic E-state index is 10.0. The molecular weight excluding hydrogens is 336 g/mol. The highest BCUT2D eigenvalue weighted by molar-refractivity contribution is 5.48. The third-order valence-electron chi connectivity index (χ3n) is 4.52. The molecule has 0 bridgehead atoms. The predicted molar refractivity (Wildman–Crippen MR) is 118 cm³/mol. The molecule has 0 saturated heterocycles. The molecule has 0 N–H and O–H groups in total. The van der Waals surface area contributed by atoms with Gasteiger partial charge in [-0.15, -0.1) is 0 Å². The third kappa shape index (κ3) is 13.3. The highest BCUT2D eigenvalue weighted by Crippen LogP contribution is 2.28. The number of methoxy groups -OCH3 is 2. The first kappa shape index (κ1) is 27.7. The van der Waals surface area contributed by atoms with Gasteiger partial charge in [0.05, 0.1) is 14.2 Å². The van der Waals surface area contributed by atoms with Crippen molar-refractivity contribution in [1.82, 2.24) is 0 Å². The van der Waals surface area contributed by atoms with Gasteiger partial charge in [0, 0.05) is 6.42 Å². The Balaban J connectivity index is 0. The molecule has 0 atom stereocenters. The molecule has 0 amide bonds. The van der Waals surface area contributed by atoms with Crippen LogP contribution >= 0.6 is 0 Å². The molecule has 27 heavy (non-hydrogen) atoms. The maximum Gasteiger partial charge on any atom is 0.160 e. The van der Waals surface area contributed by atoms with Crippen LogP contribution in [-0.4, -0.2) is 20.5 Å². The van der Waals surface area contributed by atoms with E-state index < -0.39 is 0 Å². The van der Waals surface area contributed by atoms with E-state index in [-0.39, 0.29) is 0 Å². The van der Waals surface area contributed by atoms with Crippen molar-refractivity contribution in [3.63, 3.8) is 0 Å². The zero-order valence-corrected chi connectivity index (χ0v) is 19.0. The van der Waals surface area contributed by atoms with Gasteiger partial charge in [-0.3, -0.25) is 0 Å². The summed E-state index contributed by atoms with van der Waals surface area (Å²) in [6.45, 7) is 10.1. The molecule has 3 heteroatoms. The minimum absolute atomic E-state index is 0.774. The third-order valence-corrected chi connectivity index (χ3v) is 4.52. The number of aryl methyl sites for hydroxylation is 1. The van der Waals surface area contributed by atoms with Crippen LogP contribution < -0.4 is 9.47 Å². The van der Waals surface area contributed by atoms with Gasteiger partial charge in [-0.2, -0.15) is 0 Å². The van der Waals surface area contributed by atoms with Crippen molar-refractivity contribution < 1.29 is 14.3 Å². The van der Waals surface area contributed by atoms with E-state index in [4.69, 9.17) is 9.47 Å². The second kappa shape index (κ2) is 20.8. The minimum Gasteiger partial charge on any atom is -0.493 e. The molecule has 0 unspecified atom stereocenters. The van der Waals surface area contributed by atoms with Gasteiger partial charge in [-0.05, 0) is 36.5 Å². The van der Waals surface area contributed by atoms with Gasteiger partial charge < -0.3 is 14.3 Å². The van der Waals surface area contributed by atoms with Crippen LogP contribution in [0.1, 0.15) is 91.5 Å². The molecule has 1 fully saturated rings. The van der Waals surface area contributed by atoms with E-state index in [1.54, 1.807) is 14.2 Å². The average Bonchev–Trinajstić information content (AvgIpc) is 2.77. The summed E-state index contributed by atoms with van der Waals surface area (Å²) in [4.78, 5) is 10.0. The molecular formula is C24H44O3. The molecule has 1 saturated carbocycles. The topological polar surface area (TPSA) is 35.5 Å². The second-order valence-electron chi connectivity index (χ2n) is 6.14. The van der Waals surface area contributed by atoms with E-state index >= 15 is 0 Å². The number of aldehydes is 1. The summed E-state index contributed by atoms with van der Waals surface area (Å²) in [6.07, 6.45) is 12.4. The zero-order chi connectivity index (χ0) is 20.9. The van der Waals surface area contributed by atoms with Crippen LogP contribution in [0.2, 0.25) is 0 Å². The lowest BCUT2D eigenvalue weighted by atomic mass is 9.86. The average molecular weight is 381 g/mol. The van der Waals surface area contributed by atoms with E-state index in [9.17, 15) is 4.79 Å². The number of ether oxygens (including phenoxy) is 2. The normalized spacial score (nSPS) is 12.9. The maximum absolute atomic E-state index is 10.0. The SMILES string of the molecule is CC.CC.CCc1ccc(OC)c(OC)c1.O=CCCCC1CCCCC1. The lowest BCUT2D eigenvalue weighted by Crippen LogP contribution is -2.05. The molecule has 3 nitrogen and oxygen atoms in total. The van der Waals surface area contributed by atoms with Crippen LogP contribution in [0.4, 0.5) is 0 Å². The van der Waals surface area contributed by atoms with Crippen molar-refractivity contribution in [3.8, 4) is 11.5 Å². The smallest absolute Gasteiger partial charge is 0.160 e. The summed E-state index contributed by atoms with van der Waals surface area (Å²) in [7, 11) is 3.29. The Labute approximate surface area is 168 Å². The van der Waals surface area contributed by atoms with E-state index in [1.807, 2.05) is 45.9 Å². The second-order valence-corrected chi connectivity index (χ2v) is 6.14. The Morgan fingerprint density at radius 3 is 2.04 bits per heavy atom. The fourth-order valence-electron chi connectivity index (χ4n) is 3.07. The molecule has 158 valence electrons. The Hall–Kier alpha value is -1.51. The van der Waals surface area contributed by atoms with Gasteiger partial charge in [-0.1, -0.05) is 79.2 Å². The lowest BCUT2D eigenvalue weighted by molar-refractivity contribution is -0.108. The number of hydrogen-bond acceptors (Lipinski definition) is 3. The molecule has 0 heterocycles. The molecule has 1 aromatic rings. The van der Waals surface area contributed by atoms with Gasteiger partial charge in [0.2, 0.25) is 0 Å². The number of benzene rings is 1. The zero-order valence-electron chi connectivity index (χ0n) is 19.0. The molecule has 0 spiro atoms. The number of carbonyl (C=O) groups is 1. The monoisotopic (exact) mass is 380 g/mol. The first-order chi connectivity index (χ1) is 13.2. The Morgan fingerprint density at radius 2 is 1.56 bits per heavy atom. The quantitative estimate of drug-likeness (QED) is 0.369. The van der Waals surface area contributed by atoms with Crippen LogP contribution in [0.5, 0.6) is 11.5 Å². The van der Waals surface area contributed by atoms with Gasteiger partial charge in [0.1, 0.15) is 6.29 Å². The fourth-order valence-corrected chi connectivity index (χ4v) is 3.07. The molecule has 0 radical (unpaired) electrons. The number of carbonyl (C=O) groups excluding carboxylic acids is 1. The largest absolute Gasteiger partial charge is 0.493 e. The van der Waals surface area contributed by atoms with Crippen LogP contribution in [0, 0.1) is 5.92 Å². The van der Waals surface area contributed by atoms with E-state index in [0.29, 0.717) is 0 Å². The minimum atomic E-state index is 0.774. The number of hydrogen-bond donors (Lipinski definition) is 0. The highest BCUT2D eigenvalue weighted by Gasteiger charge is 2.12. The van der Waals surface area contributed by atoms with Gasteiger partial charge in [-0.25, -0.2) is 0 Å². The first-order valence-electron chi connectivity index (χ1n) is 10.9. The summed E-state index contributed by atoms with van der Waals surface area (Å²) in [5.74, 6) is 2.54. The Morgan fingerprint density at radius 1 is 0.963 bits per heavy atom. The number of rotatable bonds is 7. The molecule has 1 aliphatic rings. The van der Waals surface area contributed by atoms with Crippen LogP contribution in [0.3, 0.4) is 0 Å². The van der Waals surface area contributed by atoms with Gasteiger partial charge in [0.25, 0.3) is 0 Å². The predicted octanol–water partition coefficient (Wildman–Crippen LogP) is 7.25. The van der Waals surface area contributed by atoms with E-state index in [0.717, 1.165) is 43.0 Å². The summed E-state index contributed by atoms with van der Waals surface area (Å²) < 4.78 is 10.3. The van der Waals surface area contributed by atoms with E-state index in [2.05, 4.69) is 6.92 Å². The summed E-state index contributed by atoms with van der Waals surface area (Å²) in [5, 5.41) is 0. The lowest BCUT2D eigenvalue weighted by Gasteiger charge is -2.20. The van der Waals surface area contributed by atoms with E-state index in [1.165, 1.54) is 44.1 Å². The van der Waals surface area contributed by atoms with Crippen molar-refractivity contribution in [1.29, 1.82) is 0 Å². The molecule has 0 aliphatic heterocycles. The van der Waals surface area contributed by atoms with Gasteiger partial charge >= 0.3 is 0 Å². The van der Waals surface area contributed by atoms with Crippen LogP contribution in [0.15, 0.2) is 18.2 Å². The van der Waals surface area contributed by atoms with Crippen molar-refractivity contribution in [2.75, 3.05) is 14.2 Å². The molecule has 0 aromatic heterocycles. The molecule has 1 aliphatic carbocycles. The standard InChI is InChI=1S/C10H14O2.C10H18O.2C2H6/c1-4-8-5-6-9(11-2)10(7-8)12-3;11-9-5-4-8-10-6-2-1-3-7-10;2*1-2/h5-7H,4H2,1-3H3;9-10H,1-8H2;2*1-2H3.